The summed E-state index contributed by atoms with van der Waals surface area (Å²) in [4.78, 5) is 24.5. The second kappa shape index (κ2) is 55.7. The van der Waals surface area contributed by atoms with Crippen molar-refractivity contribution in [2.45, 2.75) is 321 Å². The molecule has 66 heavy (non-hydrogen) atoms. The second-order valence-electron chi connectivity index (χ2n) is 20.0. The molecule has 1 amide bonds. The number of amides is 1. The minimum absolute atomic E-state index is 0.0409. The monoisotopic (exact) mass is 928 g/mol. The number of carbonyl (C=O) groups excluding carboxylic acids is 2. The van der Waals surface area contributed by atoms with Crippen LogP contribution in [0.5, 0.6) is 0 Å². The molecule has 0 aliphatic carbocycles. The van der Waals surface area contributed by atoms with Crippen LogP contribution < -0.4 is 5.32 Å². The van der Waals surface area contributed by atoms with E-state index in [4.69, 9.17) is 4.74 Å². The SMILES string of the molecule is CCCCCCCC/C=C\CCCCCCCCCC(=O)OCCCCCC/C=C\CCCC(=O)NC(CO)C(O)/C=C/CCCCCCCCCCCCCCCCCCCCCCC. The van der Waals surface area contributed by atoms with Crippen LogP contribution in [-0.4, -0.2) is 47.4 Å². The van der Waals surface area contributed by atoms with Crippen molar-refractivity contribution in [2.24, 2.45) is 0 Å². The molecule has 0 bridgehead atoms. The maximum Gasteiger partial charge on any atom is 0.305 e. The molecule has 388 valence electrons. The van der Waals surface area contributed by atoms with E-state index in [9.17, 15) is 19.8 Å². The van der Waals surface area contributed by atoms with E-state index in [1.165, 1.54) is 212 Å². The molecule has 0 heterocycles. The van der Waals surface area contributed by atoms with Crippen LogP contribution in [0.15, 0.2) is 36.5 Å². The highest BCUT2D eigenvalue weighted by molar-refractivity contribution is 5.76. The molecule has 0 rings (SSSR count). The van der Waals surface area contributed by atoms with E-state index in [2.05, 4.69) is 43.5 Å². The van der Waals surface area contributed by atoms with Crippen molar-refractivity contribution >= 4 is 11.9 Å². The molecule has 2 atom stereocenters. The molecule has 0 aliphatic heterocycles. The molecule has 0 aromatic heterocycles. The van der Waals surface area contributed by atoms with Gasteiger partial charge in [0.15, 0.2) is 0 Å². The lowest BCUT2D eigenvalue weighted by molar-refractivity contribution is -0.143. The first-order chi connectivity index (χ1) is 32.5. The van der Waals surface area contributed by atoms with Crippen molar-refractivity contribution in [3.8, 4) is 0 Å². The number of allylic oxidation sites excluding steroid dienone is 5. The van der Waals surface area contributed by atoms with Crippen LogP contribution in [0.1, 0.15) is 309 Å². The van der Waals surface area contributed by atoms with Gasteiger partial charge >= 0.3 is 5.97 Å². The van der Waals surface area contributed by atoms with Crippen LogP contribution in [0.25, 0.3) is 0 Å². The van der Waals surface area contributed by atoms with Crippen LogP contribution in [0.2, 0.25) is 0 Å². The number of hydrogen-bond donors (Lipinski definition) is 3. The fourth-order valence-electron chi connectivity index (χ4n) is 8.87. The number of esters is 1. The van der Waals surface area contributed by atoms with E-state index in [0.29, 0.717) is 19.4 Å². The van der Waals surface area contributed by atoms with E-state index in [1.54, 1.807) is 6.08 Å². The van der Waals surface area contributed by atoms with Gasteiger partial charge in [0.2, 0.25) is 5.91 Å². The lowest BCUT2D eigenvalue weighted by Crippen LogP contribution is -2.45. The molecular weight excluding hydrogens is 815 g/mol. The van der Waals surface area contributed by atoms with Gasteiger partial charge in [0, 0.05) is 12.8 Å². The molecule has 0 saturated heterocycles. The van der Waals surface area contributed by atoms with Crippen molar-refractivity contribution < 1.29 is 24.5 Å². The Bertz CT molecular complexity index is 1070. The van der Waals surface area contributed by atoms with Crippen LogP contribution in [0.3, 0.4) is 0 Å². The minimum atomic E-state index is -0.877. The summed E-state index contributed by atoms with van der Waals surface area (Å²) in [5.41, 5.74) is 0. The molecule has 0 saturated carbocycles. The smallest absolute Gasteiger partial charge is 0.305 e. The molecule has 0 aromatic rings. The molecule has 6 heteroatoms. The minimum Gasteiger partial charge on any atom is -0.466 e. The van der Waals surface area contributed by atoms with Gasteiger partial charge in [-0.15, -0.1) is 0 Å². The number of aliphatic hydroxyl groups is 2. The topological polar surface area (TPSA) is 95.9 Å². The van der Waals surface area contributed by atoms with Crippen LogP contribution >= 0.6 is 0 Å². The molecule has 0 aromatic carbocycles. The number of carbonyl (C=O) groups is 2. The Labute approximate surface area is 411 Å². The van der Waals surface area contributed by atoms with Crippen LogP contribution in [0, 0.1) is 0 Å². The van der Waals surface area contributed by atoms with Gasteiger partial charge in [0.05, 0.1) is 25.4 Å². The average Bonchev–Trinajstić information content (AvgIpc) is 3.32. The quantitative estimate of drug-likeness (QED) is 0.0321. The number of unbranched alkanes of at least 4 members (excludes halogenated alkanes) is 39. The van der Waals surface area contributed by atoms with Gasteiger partial charge in [-0.3, -0.25) is 9.59 Å². The van der Waals surface area contributed by atoms with E-state index in [-0.39, 0.29) is 18.5 Å². The maximum absolute atomic E-state index is 12.5. The lowest BCUT2D eigenvalue weighted by atomic mass is 10.0. The molecule has 3 N–H and O–H groups in total. The predicted octanol–water partition coefficient (Wildman–Crippen LogP) is 18.0. The molecule has 0 aliphatic rings. The van der Waals surface area contributed by atoms with Gasteiger partial charge in [-0.05, 0) is 77.0 Å². The normalized spacial score (nSPS) is 12.8. The highest BCUT2D eigenvalue weighted by Gasteiger charge is 2.18. The first-order valence-corrected chi connectivity index (χ1v) is 29.3. The first kappa shape index (κ1) is 64.1. The number of ether oxygens (including phenoxy) is 1. The fraction of sp³-hybridized carbons (Fsp3) is 0.867. The van der Waals surface area contributed by atoms with E-state index in [0.717, 1.165) is 70.6 Å². The van der Waals surface area contributed by atoms with Crippen LogP contribution in [0.4, 0.5) is 0 Å². The van der Waals surface area contributed by atoms with E-state index in [1.807, 2.05) is 6.08 Å². The number of hydrogen-bond acceptors (Lipinski definition) is 5. The zero-order chi connectivity index (χ0) is 47.9. The van der Waals surface area contributed by atoms with Gasteiger partial charge in [-0.2, -0.15) is 0 Å². The molecule has 6 nitrogen and oxygen atoms in total. The fourth-order valence-corrected chi connectivity index (χ4v) is 8.87. The number of rotatable bonds is 54. The van der Waals surface area contributed by atoms with Crippen LogP contribution in [-0.2, 0) is 14.3 Å². The summed E-state index contributed by atoms with van der Waals surface area (Å²) in [6.07, 6.45) is 68.9. The summed E-state index contributed by atoms with van der Waals surface area (Å²) in [7, 11) is 0. The number of aliphatic hydroxyl groups excluding tert-OH is 2. The maximum atomic E-state index is 12.5. The van der Waals surface area contributed by atoms with Gasteiger partial charge in [-0.25, -0.2) is 0 Å². The van der Waals surface area contributed by atoms with Crippen molar-refractivity contribution in [1.29, 1.82) is 0 Å². The molecule has 2 unspecified atom stereocenters. The summed E-state index contributed by atoms with van der Waals surface area (Å²) in [5, 5.41) is 23.1. The Hall–Kier alpha value is -1.92. The third kappa shape index (κ3) is 51.5. The Balaban J connectivity index is 3.55. The van der Waals surface area contributed by atoms with Gasteiger partial charge in [0.1, 0.15) is 0 Å². The average molecular weight is 929 g/mol. The van der Waals surface area contributed by atoms with Crippen molar-refractivity contribution in [3.63, 3.8) is 0 Å². The predicted molar refractivity (Wildman–Crippen MR) is 287 cm³/mol. The van der Waals surface area contributed by atoms with Gasteiger partial charge in [-0.1, -0.05) is 256 Å². The Morgan fingerprint density at radius 3 is 1.11 bits per heavy atom. The largest absolute Gasteiger partial charge is 0.466 e. The van der Waals surface area contributed by atoms with E-state index < -0.39 is 12.1 Å². The zero-order valence-electron chi connectivity index (χ0n) is 44.2. The Kier molecular flexibility index (Phi) is 54.1. The highest BCUT2D eigenvalue weighted by atomic mass is 16.5. The molecule has 0 radical (unpaired) electrons. The third-order valence-electron chi connectivity index (χ3n) is 13.4. The van der Waals surface area contributed by atoms with Gasteiger partial charge in [0.25, 0.3) is 0 Å². The van der Waals surface area contributed by atoms with Crippen molar-refractivity contribution in [3.05, 3.63) is 36.5 Å². The summed E-state index contributed by atoms with van der Waals surface area (Å²) in [6, 6.07) is -0.667. The third-order valence-corrected chi connectivity index (χ3v) is 13.4. The van der Waals surface area contributed by atoms with Crippen molar-refractivity contribution in [2.75, 3.05) is 13.2 Å². The summed E-state index contributed by atoms with van der Waals surface area (Å²) in [6.45, 7) is 4.82. The molecule has 0 fully saturated rings. The molecule has 0 spiro atoms. The first-order valence-electron chi connectivity index (χ1n) is 29.3. The molecular formula is C60H113NO5. The second-order valence-corrected chi connectivity index (χ2v) is 20.0. The number of nitrogens with one attached hydrogen (secondary N) is 1. The standard InChI is InChI=1S/C60H113NO5/c1-3-5-7-9-11-13-15-17-19-21-22-23-24-25-26-28-29-31-33-36-40-44-48-52-58(63)57(56-62)61-59(64)53-49-45-41-37-35-39-43-47-51-55-66-60(65)54-50-46-42-38-34-32-30-27-20-18-16-14-12-10-8-6-4-2/h18,20,37,41,48,52,57-58,62-63H,3-17,19,21-36,38-40,42-47,49-51,53-56H2,1-2H3,(H,61,64)/b20-18-,41-37-,52-48+. The zero-order valence-corrected chi connectivity index (χ0v) is 44.2. The Morgan fingerprint density at radius 2 is 0.727 bits per heavy atom. The lowest BCUT2D eigenvalue weighted by Gasteiger charge is -2.19. The highest BCUT2D eigenvalue weighted by Crippen LogP contribution is 2.17. The Morgan fingerprint density at radius 1 is 0.409 bits per heavy atom. The summed E-state index contributed by atoms with van der Waals surface area (Å²) < 4.78 is 5.45. The summed E-state index contributed by atoms with van der Waals surface area (Å²) >= 11 is 0. The van der Waals surface area contributed by atoms with Gasteiger partial charge < -0.3 is 20.3 Å². The summed E-state index contributed by atoms with van der Waals surface area (Å²) in [5.74, 6) is -0.167. The van der Waals surface area contributed by atoms with E-state index >= 15 is 0 Å². The van der Waals surface area contributed by atoms with Crippen molar-refractivity contribution in [1.82, 2.24) is 5.32 Å².